The van der Waals surface area contributed by atoms with E-state index >= 15 is 0 Å². The zero-order valence-electron chi connectivity index (χ0n) is 11.2. The van der Waals surface area contributed by atoms with Gasteiger partial charge in [0.15, 0.2) is 0 Å². The fourth-order valence-electron chi connectivity index (χ4n) is 5.01. The minimum absolute atomic E-state index is 0.768. The maximum Gasteiger partial charge on any atom is 0.293 e. The molecule has 4 saturated heterocycles. The van der Waals surface area contributed by atoms with Crippen molar-refractivity contribution in [3.8, 4) is 0 Å². The summed E-state index contributed by atoms with van der Waals surface area (Å²) in [6.07, 6.45) is 5.65. The van der Waals surface area contributed by atoms with E-state index in [1.165, 1.54) is 45.2 Å². The molecule has 0 bridgehead atoms. The van der Waals surface area contributed by atoms with Crippen LogP contribution >= 0.6 is 0 Å². The molecular formula is C11H22B3N3. The van der Waals surface area contributed by atoms with Crippen LogP contribution in [-0.2, 0) is 0 Å². The Morgan fingerprint density at radius 1 is 0.824 bits per heavy atom. The van der Waals surface area contributed by atoms with E-state index in [0.29, 0.717) is 0 Å². The Kier molecular flexibility index (Phi) is 2.44. The van der Waals surface area contributed by atoms with E-state index in [4.69, 9.17) is 0 Å². The van der Waals surface area contributed by atoms with Crippen molar-refractivity contribution in [2.24, 2.45) is 0 Å². The van der Waals surface area contributed by atoms with Crippen molar-refractivity contribution in [3.63, 3.8) is 0 Å². The van der Waals surface area contributed by atoms with E-state index in [1.807, 2.05) is 0 Å². The van der Waals surface area contributed by atoms with Gasteiger partial charge in [-0.15, -0.1) is 0 Å². The average molecular weight is 229 g/mol. The molecule has 3 nitrogen and oxygen atoms in total. The van der Waals surface area contributed by atoms with E-state index in [1.54, 1.807) is 0 Å². The molecule has 4 aliphatic rings. The van der Waals surface area contributed by atoms with Crippen LogP contribution in [0.1, 0.15) is 33.1 Å². The van der Waals surface area contributed by atoms with Crippen molar-refractivity contribution in [3.05, 3.63) is 0 Å². The third-order valence-electron chi connectivity index (χ3n) is 5.71. The second-order valence-corrected chi connectivity index (χ2v) is 6.70. The zero-order valence-corrected chi connectivity index (χ0v) is 11.2. The molecular weight excluding hydrogens is 207 g/mol. The Morgan fingerprint density at radius 3 is 2.12 bits per heavy atom. The minimum atomic E-state index is 0.768. The van der Waals surface area contributed by atoms with Gasteiger partial charge in [-0.3, -0.25) is 0 Å². The van der Waals surface area contributed by atoms with E-state index < -0.39 is 0 Å². The van der Waals surface area contributed by atoms with Crippen molar-refractivity contribution in [1.29, 1.82) is 0 Å². The summed E-state index contributed by atoms with van der Waals surface area (Å²) in [6.45, 7) is 11.3. The predicted molar refractivity (Wildman–Crippen MR) is 74.9 cm³/mol. The van der Waals surface area contributed by atoms with Crippen molar-refractivity contribution >= 4 is 20.9 Å². The summed E-state index contributed by atoms with van der Waals surface area (Å²) < 4.78 is 8.49. The van der Waals surface area contributed by atoms with Crippen LogP contribution in [0.4, 0.5) is 0 Å². The largest absolute Gasteiger partial charge is 0.357 e. The molecule has 2 atom stereocenters. The number of nitrogens with zero attached hydrogens (tertiary/aromatic N) is 3. The third kappa shape index (κ3) is 1.38. The maximum absolute atomic E-state index is 2.84. The number of rotatable bonds is 0. The van der Waals surface area contributed by atoms with Crippen molar-refractivity contribution in [2.45, 2.75) is 51.1 Å². The Balaban J connectivity index is 1.72. The molecule has 4 rings (SSSR count). The van der Waals surface area contributed by atoms with Gasteiger partial charge in [-0.2, -0.15) is 0 Å². The first-order chi connectivity index (χ1) is 8.27. The maximum atomic E-state index is 2.84. The van der Waals surface area contributed by atoms with Crippen LogP contribution in [0.15, 0.2) is 0 Å². The van der Waals surface area contributed by atoms with E-state index in [9.17, 15) is 0 Å². The first-order valence-corrected chi connectivity index (χ1v) is 7.54. The quantitative estimate of drug-likeness (QED) is 0.580. The summed E-state index contributed by atoms with van der Waals surface area (Å²) in [5, 5.41) is 0. The molecule has 0 aromatic rings. The van der Waals surface area contributed by atoms with Gasteiger partial charge in [0.2, 0.25) is 0 Å². The molecule has 4 heterocycles. The minimum Gasteiger partial charge on any atom is -0.357 e. The van der Waals surface area contributed by atoms with Crippen LogP contribution in [0.25, 0.3) is 0 Å². The lowest BCUT2D eigenvalue weighted by molar-refractivity contribution is 0.500. The predicted octanol–water partition coefficient (Wildman–Crippen LogP) is 1.36. The Bertz CT molecular complexity index is 315. The summed E-state index contributed by atoms with van der Waals surface area (Å²) in [7, 11) is 0. The highest BCUT2D eigenvalue weighted by atomic mass is 15.3. The van der Waals surface area contributed by atoms with Crippen molar-refractivity contribution in [1.82, 2.24) is 14.2 Å². The molecule has 0 aromatic heterocycles. The zero-order chi connectivity index (χ0) is 11.6. The van der Waals surface area contributed by atoms with Crippen LogP contribution in [0, 0.1) is 0 Å². The lowest BCUT2D eigenvalue weighted by Gasteiger charge is -2.49. The fraction of sp³-hybridized carbons (Fsp3) is 1.00. The summed E-state index contributed by atoms with van der Waals surface area (Å²) in [5.41, 5.74) is 0. The fourth-order valence-corrected chi connectivity index (χ4v) is 5.01. The molecule has 0 spiro atoms. The lowest BCUT2D eigenvalue weighted by atomic mass is 9.40. The summed E-state index contributed by atoms with van der Waals surface area (Å²) in [5.74, 6) is 1.76. The van der Waals surface area contributed by atoms with Gasteiger partial charge in [0.1, 0.15) is 0 Å². The number of hydrogen-bond acceptors (Lipinski definition) is 3. The molecule has 0 N–H and O–H groups in total. The molecule has 0 aromatic carbocycles. The SMILES string of the molecule is CC1CCN2B1N1CCCB1N1CCC(C)B12. The van der Waals surface area contributed by atoms with Gasteiger partial charge in [-0.25, -0.2) is 0 Å². The molecule has 2 unspecified atom stereocenters. The molecule has 17 heavy (non-hydrogen) atoms. The van der Waals surface area contributed by atoms with Crippen LogP contribution in [-0.4, -0.2) is 54.7 Å². The molecule has 4 aliphatic heterocycles. The van der Waals surface area contributed by atoms with Crippen LogP contribution in [0.3, 0.4) is 0 Å². The summed E-state index contributed by atoms with van der Waals surface area (Å²) in [4.78, 5) is 0. The molecule has 0 radical (unpaired) electrons. The summed E-state index contributed by atoms with van der Waals surface area (Å²) >= 11 is 0. The van der Waals surface area contributed by atoms with Crippen molar-refractivity contribution < 1.29 is 0 Å². The van der Waals surface area contributed by atoms with Gasteiger partial charge in [-0.05, 0) is 56.9 Å². The highest BCUT2D eigenvalue weighted by molar-refractivity contribution is 6.88. The van der Waals surface area contributed by atoms with Crippen LogP contribution < -0.4 is 0 Å². The average Bonchev–Trinajstić information content (AvgIpc) is 2.96. The van der Waals surface area contributed by atoms with Gasteiger partial charge in [0.25, 0.3) is 20.9 Å². The normalized spacial score (nSPS) is 38.8. The highest BCUT2D eigenvalue weighted by Gasteiger charge is 2.59. The molecule has 0 aliphatic carbocycles. The topological polar surface area (TPSA) is 9.72 Å². The van der Waals surface area contributed by atoms with Gasteiger partial charge in [-0.1, -0.05) is 13.8 Å². The number of hydrogen-bond donors (Lipinski definition) is 0. The van der Waals surface area contributed by atoms with Gasteiger partial charge >= 0.3 is 0 Å². The molecule has 90 valence electrons. The van der Waals surface area contributed by atoms with Gasteiger partial charge in [0.05, 0.1) is 0 Å². The molecule has 4 fully saturated rings. The monoisotopic (exact) mass is 229 g/mol. The van der Waals surface area contributed by atoms with Gasteiger partial charge in [0, 0.05) is 0 Å². The lowest BCUT2D eigenvalue weighted by Crippen LogP contribution is -2.73. The smallest absolute Gasteiger partial charge is 0.293 e. The Morgan fingerprint density at radius 2 is 1.41 bits per heavy atom. The molecule has 6 heteroatoms. The first-order valence-electron chi connectivity index (χ1n) is 7.54. The third-order valence-corrected chi connectivity index (χ3v) is 5.71. The standard InChI is InChI=1S/C11H22B3N3/c1-10-4-8-16-12-6-3-7-15(12)13-11(2)5-9-17(13)14(10)16/h10-11H,3-9H2,1-2H3. The van der Waals surface area contributed by atoms with E-state index in [2.05, 4.69) is 28.0 Å². The molecule has 0 amide bonds. The first kappa shape index (κ1) is 10.9. The van der Waals surface area contributed by atoms with Crippen LogP contribution in [0.2, 0.25) is 18.0 Å². The summed E-state index contributed by atoms with van der Waals surface area (Å²) in [6, 6.07) is 0. The van der Waals surface area contributed by atoms with E-state index in [-0.39, 0.29) is 0 Å². The van der Waals surface area contributed by atoms with Crippen molar-refractivity contribution in [2.75, 3.05) is 19.6 Å². The van der Waals surface area contributed by atoms with Gasteiger partial charge < -0.3 is 14.2 Å². The second kappa shape index (κ2) is 3.78. The second-order valence-electron chi connectivity index (χ2n) is 6.70. The number of fused-ring (bicyclic) bond motifs is 6. The van der Waals surface area contributed by atoms with E-state index in [0.717, 1.165) is 32.6 Å². The Labute approximate surface area is 106 Å². The highest BCUT2D eigenvalue weighted by Crippen LogP contribution is 2.43. The van der Waals surface area contributed by atoms with Crippen LogP contribution in [0.5, 0.6) is 0 Å². The Hall–Kier alpha value is 0.0748. The molecule has 0 saturated carbocycles.